The molecule has 3 aromatic carbocycles. The second-order valence-corrected chi connectivity index (χ2v) is 6.04. The van der Waals surface area contributed by atoms with Gasteiger partial charge in [-0.05, 0) is 29.8 Å². The minimum Gasteiger partial charge on any atom is -0.194 e. The third kappa shape index (κ3) is 2.54. The Hall–Kier alpha value is -2.88. The van der Waals surface area contributed by atoms with Gasteiger partial charge in [-0.25, -0.2) is 0 Å². The quantitative estimate of drug-likeness (QED) is 0.318. The summed E-state index contributed by atoms with van der Waals surface area (Å²) in [5.41, 5.74) is 3.18. The molecule has 0 radical (unpaired) electrons. The van der Waals surface area contributed by atoms with Crippen LogP contribution in [0.25, 0.3) is 32.9 Å². The van der Waals surface area contributed by atoms with E-state index in [1.54, 1.807) is 12.1 Å². The fraction of sp³-hybridized carbons (Fsp3) is 0.0952. The van der Waals surface area contributed by atoms with Crippen molar-refractivity contribution in [2.75, 3.05) is 0 Å². The first kappa shape index (κ1) is 15.6. The van der Waals surface area contributed by atoms with Crippen LogP contribution in [-0.2, 0) is 13.2 Å². The number of halogens is 3. The van der Waals surface area contributed by atoms with Crippen LogP contribution in [0, 0.1) is 0 Å². The van der Waals surface area contributed by atoms with Crippen LogP contribution in [0.5, 0.6) is 0 Å². The van der Waals surface area contributed by atoms with Gasteiger partial charge in [0.1, 0.15) is 7.05 Å². The van der Waals surface area contributed by atoms with Gasteiger partial charge in [-0.15, -0.1) is 0 Å². The molecule has 4 heteroatoms. The van der Waals surface area contributed by atoms with Crippen molar-refractivity contribution in [1.29, 1.82) is 0 Å². The van der Waals surface area contributed by atoms with Crippen molar-refractivity contribution in [2.24, 2.45) is 7.05 Å². The maximum Gasteiger partial charge on any atom is 0.416 e. The minimum absolute atomic E-state index is 0.633. The molecule has 0 spiro atoms. The molecule has 0 unspecified atom stereocenters. The molecule has 25 heavy (non-hydrogen) atoms. The molecule has 1 nitrogen and oxygen atoms in total. The number of aryl methyl sites for hydroxylation is 1. The number of para-hydroxylation sites is 2. The van der Waals surface area contributed by atoms with E-state index in [4.69, 9.17) is 0 Å². The van der Waals surface area contributed by atoms with Crippen LogP contribution in [-0.4, -0.2) is 0 Å². The highest BCUT2D eigenvalue weighted by atomic mass is 19.4. The Balaban J connectivity index is 2.07. The number of rotatable bonds is 1. The molecule has 4 aromatic rings. The zero-order chi connectivity index (χ0) is 17.6. The van der Waals surface area contributed by atoms with Gasteiger partial charge in [-0.1, -0.05) is 36.4 Å². The lowest BCUT2D eigenvalue weighted by Gasteiger charge is -2.12. The van der Waals surface area contributed by atoms with Gasteiger partial charge < -0.3 is 0 Å². The Kier molecular flexibility index (Phi) is 3.49. The standard InChI is InChI=1S/C21H15F3N/c1-25-18-8-4-2-6-16(18)20(17-7-3-5-9-19(17)25)14-10-12-15(13-11-14)21(22,23)24/h2-13H,1H3/q+1. The lowest BCUT2D eigenvalue weighted by atomic mass is 9.95. The molecule has 0 atom stereocenters. The average molecular weight is 338 g/mol. The Labute approximate surface area is 143 Å². The highest BCUT2D eigenvalue weighted by Crippen LogP contribution is 2.36. The maximum absolute atomic E-state index is 12.9. The molecule has 124 valence electrons. The molecule has 4 rings (SSSR count). The number of hydrogen-bond donors (Lipinski definition) is 0. The summed E-state index contributed by atoms with van der Waals surface area (Å²) >= 11 is 0. The molecule has 0 aliphatic heterocycles. The van der Waals surface area contributed by atoms with Crippen molar-refractivity contribution in [3.63, 3.8) is 0 Å². The summed E-state index contributed by atoms with van der Waals surface area (Å²) in [6.45, 7) is 0. The molecular formula is C21H15F3N+. The summed E-state index contributed by atoms with van der Waals surface area (Å²) in [5, 5.41) is 2.03. The SMILES string of the molecule is C[n+]1c2ccccc2c(-c2ccc(C(F)(F)F)cc2)c2ccccc21. The summed E-state index contributed by atoms with van der Waals surface area (Å²) in [6, 6.07) is 21.3. The summed E-state index contributed by atoms with van der Waals surface area (Å²) in [5.74, 6) is 0. The van der Waals surface area contributed by atoms with Crippen LogP contribution in [0.1, 0.15) is 5.56 Å². The van der Waals surface area contributed by atoms with Gasteiger partial charge in [0.05, 0.1) is 16.3 Å². The minimum atomic E-state index is -4.33. The number of hydrogen-bond acceptors (Lipinski definition) is 0. The van der Waals surface area contributed by atoms with Crippen LogP contribution in [0.4, 0.5) is 13.2 Å². The highest BCUT2D eigenvalue weighted by Gasteiger charge is 2.30. The van der Waals surface area contributed by atoms with Crippen molar-refractivity contribution in [1.82, 2.24) is 0 Å². The first-order chi connectivity index (χ1) is 12.0. The van der Waals surface area contributed by atoms with Gasteiger partial charge in [-0.3, -0.25) is 0 Å². The Morgan fingerprint density at radius 2 is 1.16 bits per heavy atom. The van der Waals surface area contributed by atoms with Gasteiger partial charge in [0.15, 0.2) is 0 Å². The number of nitrogens with zero attached hydrogens (tertiary/aromatic N) is 1. The fourth-order valence-electron chi connectivity index (χ4n) is 3.37. The van der Waals surface area contributed by atoms with Crippen LogP contribution in [0.15, 0.2) is 72.8 Å². The summed E-state index contributed by atoms with van der Waals surface area (Å²) in [7, 11) is 2.00. The van der Waals surface area contributed by atoms with Crippen molar-refractivity contribution in [2.45, 2.75) is 6.18 Å². The fourth-order valence-corrected chi connectivity index (χ4v) is 3.37. The maximum atomic E-state index is 12.9. The van der Waals surface area contributed by atoms with E-state index in [1.165, 1.54) is 0 Å². The topological polar surface area (TPSA) is 3.88 Å². The molecule has 0 bridgehead atoms. The lowest BCUT2D eigenvalue weighted by molar-refractivity contribution is -0.617. The molecule has 0 N–H and O–H groups in total. The van der Waals surface area contributed by atoms with E-state index in [1.807, 2.05) is 55.6 Å². The monoisotopic (exact) mass is 338 g/mol. The third-order valence-corrected chi connectivity index (χ3v) is 4.57. The molecule has 1 heterocycles. The lowest BCUT2D eigenvalue weighted by Crippen LogP contribution is -2.30. The van der Waals surface area contributed by atoms with Crippen molar-refractivity contribution in [3.8, 4) is 11.1 Å². The van der Waals surface area contributed by atoms with E-state index in [9.17, 15) is 13.2 Å². The van der Waals surface area contributed by atoms with E-state index in [-0.39, 0.29) is 0 Å². The number of benzene rings is 3. The number of pyridine rings is 1. The molecule has 0 aliphatic carbocycles. The smallest absolute Gasteiger partial charge is 0.194 e. The van der Waals surface area contributed by atoms with E-state index >= 15 is 0 Å². The van der Waals surface area contributed by atoms with Crippen LogP contribution >= 0.6 is 0 Å². The number of aromatic nitrogens is 1. The summed E-state index contributed by atoms with van der Waals surface area (Å²) < 4.78 is 40.7. The van der Waals surface area contributed by atoms with E-state index in [0.29, 0.717) is 0 Å². The van der Waals surface area contributed by atoms with E-state index in [2.05, 4.69) is 4.57 Å². The van der Waals surface area contributed by atoms with Gasteiger partial charge >= 0.3 is 6.18 Å². The Morgan fingerprint density at radius 3 is 1.64 bits per heavy atom. The number of alkyl halides is 3. The molecule has 0 saturated heterocycles. The second kappa shape index (κ2) is 5.59. The van der Waals surface area contributed by atoms with E-state index in [0.717, 1.165) is 45.1 Å². The summed E-state index contributed by atoms with van der Waals surface area (Å²) in [6.07, 6.45) is -4.33. The van der Waals surface area contributed by atoms with Gasteiger partial charge in [0, 0.05) is 17.7 Å². The zero-order valence-corrected chi connectivity index (χ0v) is 13.5. The van der Waals surface area contributed by atoms with Gasteiger partial charge in [0.2, 0.25) is 11.0 Å². The molecule has 0 amide bonds. The van der Waals surface area contributed by atoms with Crippen LogP contribution in [0.3, 0.4) is 0 Å². The average Bonchev–Trinajstić information content (AvgIpc) is 2.62. The first-order valence-electron chi connectivity index (χ1n) is 7.94. The molecule has 1 aromatic heterocycles. The van der Waals surface area contributed by atoms with Gasteiger partial charge in [-0.2, -0.15) is 17.7 Å². The highest BCUT2D eigenvalue weighted by molar-refractivity contribution is 6.07. The van der Waals surface area contributed by atoms with Gasteiger partial charge in [0.25, 0.3) is 0 Å². The normalized spacial score (nSPS) is 12.0. The third-order valence-electron chi connectivity index (χ3n) is 4.57. The molecule has 0 aliphatic rings. The predicted octanol–water partition coefficient (Wildman–Crippen LogP) is 5.50. The van der Waals surface area contributed by atoms with Crippen LogP contribution < -0.4 is 4.57 Å². The number of fused-ring (bicyclic) bond motifs is 2. The van der Waals surface area contributed by atoms with Crippen molar-refractivity contribution in [3.05, 3.63) is 78.4 Å². The zero-order valence-electron chi connectivity index (χ0n) is 13.5. The molecular weight excluding hydrogens is 323 g/mol. The predicted molar refractivity (Wildman–Crippen MR) is 93.1 cm³/mol. The first-order valence-corrected chi connectivity index (χ1v) is 7.94. The second-order valence-electron chi connectivity index (χ2n) is 6.04. The molecule has 0 saturated carbocycles. The van der Waals surface area contributed by atoms with Crippen molar-refractivity contribution < 1.29 is 17.7 Å². The Bertz CT molecular complexity index is 1020. The largest absolute Gasteiger partial charge is 0.416 e. The molecule has 0 fully saturated rings. The van der Waals surface area contributed by atoms with Crippen molar-refractivity contribution >= 4 is 21.8 Å². The summed E-state index contributed by atoms with van der Waals surface area (Å²) in [4.78, 5) is 0. The van der Waals surface area contributed by atoms with E-state index < -0.39 is 11.7 Å². The Morgan fingerprint density at radius 1 is 0.680 bits per heavy atom. The van der Waals surface area contributed by atoms with Crippen LogP contribution in [0.2, 0.25) is 0 Å².